The molecule has 3 heterocycles. The predicted octanol–water partition coefficient (Wildman–Crippen LogP) is 0.183. The Morgan fingerprint density at radius 3 is 2.90 bits per heavy atom. The van der Waals surface area contributed by atoms with E-state index in [1.807, 2.05) is 4.90 Å². The third kappa shape index (κ3) is 2.29. The summed E-state index contributed by atoms with van der Waals surface area (Å²) >= 11 is 0. The third-order valence-electron chi connectivity index (χ3n) is 5.28. The van der Waals surface area contributed by atoms with E-state index in [0.717, 1.165) is 25.7 Å². The minimum Gasteiger partial charge on any atom is -0.396 e. The van der Waals surface area contributed by atoms with Crippen molar-refractivity contribution in [2.45, 2.75) is 57.5 Å². The molecule has 0 aromatic carbocycles. The van der Waals surface area contributed by atoms with Crippen molar-refractivity contribution in [2.24, 2.45) is 5.41 Å². The van der Waals surface area contributed by atoms with Crippen molar-refractivity contribution in [1.29, 1.82) is 0 Å². The summed E-state index contributed by atoms with van der Waals surface area (Å²) in [5.41, 5.74) is -0.455. The number of fused-ring (bicyclic) bond motifs is 2. The summed E-state index contributed by atoms with van der Waals surface area (Å²) in [5, 5.41) is 15.9. The Balaban J connectivity index is 1.67. The molecule has 2 aliphatic heterocycles. The van der Waals surface area contributed by atoms with E-state index in [-0.39, 0.29) is 35.7 Å². The fraction of sp³-hybridized carbons (Fsp3) is 0.786. The average Bonchev–Trinajstić information content (AvgIpc) is 3.17. The number of carbonyl (C=O) groups is 1. The maximum absolute atomic E-state index is 12.5. The number of hydrogen-bond acceptors (Lipinski definition) is 4. The Morgan fingerprint density at radius 2 is 2.33 bits per heavy atom. The van der Waals surface area contributed by atoms with Gasteiger partial charge < -0.3 is 10.0 Å². The maximum Gasteiger partial charge on any atom is 0.340 e. The highest BCUT2D eigenvalue weighted by Gasteiger charge is 2.55. The van der Waals surface area contributed by atoms with Gasteiger partial charge in [0.1, 0.15) is 5.82 Å². The van der Waals surface area contributed by atoms with Gasteiger partial charge in [0, 0.05) is 30.3 Å². The first-order chi connectivity index (χ1) is 10.1. The van der Waals surface area contributed by atoms with Gasteiger partial charge in [0.25, 0.3) is 0 Å². The molecule has 3 atom stereocenters. The number of aromatic nitrogens is 3. The first-order valence-electron chi connectivity index (χ1n) is 7.65. The van der Waals surface area contributed by atoms with Gasteiger partial charge >= 0.3 is 5.69 Å². The molecule has 0 unspecified atom stereocenters. The summed E-state index contributed by atoms with van der Waals surface area (Å²) in [6, 6.07) is 0.441. The van der Waals surface area contributed by atoms with E-state index in [0.29, 0.717) is 18.7 Å². The molecule has 1 aromatic heterocycles. The lowest BCUT2D eigenvalue weighted by molar-refractivity contribution is -0.133. The van der Waals surface area contributed by atoms with Gasteiger partial charge in [-0.3, -0.25) is 9.78 Å². The van der Waals surface area contributed by atoms with Crippen molar-refractivity contribution in [3.63, 3.8) is 0 Å². The number of aryl methyl sites for hydroxylation is 1. The van der Waals surface area contributed by atoms with Crippen molar-refractivity contribution in [1.82, 2.24) is 20.1 Å². The first-order valence-corrected chi connectivity index (χ1v) is 7.65. The number of aliphatic hydroxyl groups excluding tert-OH is 1. The zero-order chi connectivity index (χ0) is 15.0. The predicted molar refractivity (Wildman–Crippen MR) is 75.6 cm³/mol. The van der Waals surface area contributed by atoms with E-state index in [2.05, 4.69) is 22.1 Å². The van der Waals surface area contributed by atoms with Crippen LogP contribution in [0.15, 0.2) is 4.79 Å². The van der Waals surface area contributed by atoms with Gasteiger partial charge in [-0.2, -0.15) is 5.10 Å². The molecule has 116 valence electrons. The molecule has 21 heavy (non-hydrogen) atoms. The molecule has 7 nitrogen and oxygen atoms in total. The van der Waals surface area contributed by atoms with Gasteiger partial charge in [-0.25, -0.2) is 9.89 Å². The fourth-order valence-electron chi connectivity index (χ4n) is 4.11. The molecule has 2 aliphatic rings. The van der Waals surface area contributed by atoms with Crippen LogP contribution in [0.5, 0.6) is 0 Å². The quantitative estimate of drug-likeness (QED) is 0.721. The minimum absolute atomic E-state index is 0.107. The molecule has 3 rings (SSSR count). The molecule has 0 radical (unpaired) electrons. The standard InChI is InChI=1S/C14H22N4O3/c1-2-14(8-19)7-9-3-4-10(14)18(9)12(20)6-5-11-15-13(21)17-16-11/h9-10,19H,2-8H2,1H3,(H2,15,16,17,21)/t9-,10+,14-/m1/s1. The van der Waals surface area contributed by atoms with E-state index < -0.39 is 0 Å². The van der Waals surface area contributed by atoms with Crippen LogP contribution < -0.4 is 5.69 Å². The second kappa shape index (κ2) is 5.29. The number of hydrogen-bond donors (Lipinski definition) is 3. The van der Waals surface area contributed by atoms with E-state index in [1.54, 1.807) is 0 Å². The van der Waals surface area contributed by atoms with Crippen LogP contribution in [0, 0.1) is 5.41 Å². The van der Waals surface area contributed by atoms with E-state index in [4.69, 9.17) is 0 Å². The molecule has 1 amide bonds. The van der Waals surface area contributed by atoms with Gasteiger partial charge in [0.2, 0.25) is 5.91 Å². The lowest BCUT2D eigenvalue weighted by Gasteiger charge is -2.34. The van der Waals surface area contributed by atoms with Gasteiger partial charge in [-0.05, 0) is 25.7 Å². The molecule has 2 saturated heterocycles. The van der Waals surface area contributed by atoms with Crippen LogP contribution in [0.2, 0.25) is 0 Å². The number of aliphatic hydroxyl groups is 1. The van der Waals surface area contributed by atoms with Gasteiger partial charge in [-0.1, -0.05) is 6.92 Å². The molecule has 2 fully saturated rings. The normalized spacial score (nSPS) is 31.0. The highest BCUT2D eigenvalue weighted by atomic mass is 16.3. The van der Waals surface area contributed by atoms with Crippen molar-refractivity contribution in [3.8, 4) is 0 Å². The maximum atomic E-state index is 12.5. The van der Waals surface area contributed by atoms with Crippen LogP contribution in [0.25, 0.3) is 0 Å². The minimum atomic E-state index is -0.344. The Bertz CT molecular complexity index is 575. The summed E-state index contributed by atoms with van der Waals surface area (Å²) in [5.74, 6) is 0.624. The molecule has 7 heteroatoms. The monoisotopic (exact) mass is 294 g/mol. The lowest BCUT2D eigenvalue weighted by Crippen LogP contribution is -2.42. The van der Waals surface area contributed by atoms with E-state index in [1.165, 1.54) is 0 Å². The number of aromatic amines is 2. The zero-order valence-electron chi connectivity index (χ0n) is 12.3. The van der Waals surface area contributed by atoms with Crippen LogP contribution in [0.3, 0.4) is 0 Å². The highest BCUT2D eigenvalue weighted by molar-refractivity contribution is 5.78. The van der Waals surface area contributed by atoms with Gasteiger partial charge in [-0.15, -0.1) is 0 Å². The van der Waals surface area contributed by atoms with Crippen molar-refractivity contribution >= 4 is 5.91 Å². The molecule has 0 aliphatic carbocycles. The smallest absolute Gasteiger partial charge is 0.340 e. The number of H-pyrrole nitrogens is 2. The lowest BCUT2D eigenvalue weighted by atomic mass is 9.72. The molecular weight excluding hydrogens is 272 g/mol. The van der Waals surface area contributed by atoms with Crippen molar-refractivity contribution < 1.29 is 9.90 Å². The van der Waals surface area contributed by atoms with Gasteiger partial charge in [0.05, 0.1) is 6.61 Å². The summed E-state index contributed by atoms with van der Waals surface area (Å²) in [6.45, 7) is 2.25. The summed E-state index contributed by atoms with van der Waals surface area (Å²) < 4.78 is 0. The van der Waals surface area contributed by atoms with Gasteiger partial charge in [0.15, 0.2) is 0 Å². The molecule has 2 bridgehead atoms. The van der Waals surface area contributed by atoms with Crippen LogP contribution >= 0.6 is 0 Å². The van der Waals surface area contributed by atoms with Crippen LogP contribution in [0.4, 0.5) is 0 Å². The van der Waals surface area contributed by atoms with Crippen LogP contribution in [-0.4, -0.2) is 49.8 Å². The number of nitrogens with one attached hydrogen (secondary N) is 2. The number of nitrogens with zero attached hydrogens (tertiary/aromatic N) is 2. The summed E-state index contributed by atoms with van der Waals surface area (Å²) in [7, 11) is 0. The SMILES string of the molecule is CC[C@]1(CO)C[C@H]2CC[C@@H]1N2C(=O)CCc1n[nH]c(=O)[nH]1. The Morgan fingerprint density at radius 1 is 1.52 bits per heavy atom. The fourth-order valence-corrected chi connectivity index (χ4v) is 4.11. The number of amides is 1. The van der Waals surface area contributed by atoms with E-state index >= 15 is 0 Å². The average molecular weight is 294 g/mol. The zero-order valence-corrected chi connectivity index (χ0v) is 12.3. The van der Waals surface area contributed by atoms with E-state index in [9.17, 15) is 14.7 Å². The number of rotatable bonds is 5. The second-order valence-electron chi connectivity index (χ2n) is 6.25. The molecule has 3 N–H and O–H groups in total. The Kier molecular flexibility index (Phi) is 3.61. The molecule has 0 saturated carbocycles. The highest BCUT2D eigenvalue weighted by Crippen LogP contribution is 2.51. The summed E-state index contributed by atoms with van der Waals surface area (Å²) in [4.78, 5) is 28.0. The van der Waals surface area contributed by atoms with Crippen molar-refractivity contribution in [3.05, 3.63) is 16.3 Å². The second-order valence-corrected chi connectivity index (χ2v) is 6.25. The van der Waals surface area contributed by atoms with Crippen LogP contribution in [0.1, 0.15) is 44.9 Å². The Hall–Kier alpha value is -1.63. The van der Waals surface area contributed by atoms with Crippen LogP contribution in [-0.2, 0) is 11.2 Å². The third-order valence-corrected chi connectivity index (χ3v) is 5.28. The topological polar surface area (TPSA) is 102 Å². The van der Waals surface area contributed by atoms with Crippen molar-refractivity contribution in [2.75, 3.05) is 6.61 Å². The molecular formula is C14H22N4O3. The largest absolute Gasteiger partial charge is 0.396 e. The Labute approximate surface area is 122 Å². The first kappa shape index (κ1) is 14.3. The summed E-state index contributed by atoms with van der Waals surface area (Å²) in [6.07, 6.45) is 4.63. The molecule has 0 spiro atoms. The molecule has 1 aromatic rings. The number of carbonyl (C=O) groups excluding carboxylic acids is 1.